The highest BCUT2D eigenvalue weighted by molar-refractivity contribution is 5.77. The fourth-order valence-corrected chi connectivity index (χ4v) is 3.75. The molecule has 2 fully saturated rings. The molecule has 0 bridgehead atoms. The minimum Gasteiger partial charge on any atom is -0.381 e. The summed E-state index contributed by atoms with van der Waals surface area (Å²) in [6.07, 6.45) is 4.02. The Bertz CT molecular complexity index is 567. The summed E-state index contributed by atoms with van der Waals surface area (Å²) >= 11 is 0. The molecule has 1 atom stereocenters. The first-order valence-electron chi connectivity index (χ1n) is 8.85. The van der Waals surface area contributed by atoms with Crippen LogP contribution in [0.15, 0.2) is 6.20 Å². The molecule has 2 saturated heterocycles. The number of aromatic nitrogens is 2. The van der Waals surface area contributed by atoms with E-state index in [0.29, 0.717) is 6.04 Å². The predicted octanol–water partition coefficient (Wildman–Crippen LogP) is 0.127. The van der Waals surface area contributed by atoms with Gasteiger partial charge < -0.3 is 10.5 Å². The van der Waals surface area contributed by atoms with Crippen LogP contribution in [0.1, 0.15) is 24.1 Å². The van der Waals surface area contributed by atoms with E-state index in [4.69, 9.17) is 10.5 Å². The second-order valence-corrected chi connectivity index (χ2v) is 7.05. The molecule has 0 spiro atoms. The molecule has 1 aromatic rings. The molecule has 2 aliphatic rings. The number of rotatable bonds is 4. The Morgan fingerprint density at radius 3 is 2.71 bits per heavy atom. The third-order valence-electron chi connectivity index (χ3n) is 5.48. The number of primary amides is 1. The van der Waals surface area contributed by atoms with Gasteiger partial charge in [0.15, 0.2) is 0 Å². The molecule has 0 unspecified atom stereocenters. The molecule has 134 valence electrons. The molecule has 0 saturated carbocycles. The molecule has 2 aliphatic heterocycles. The van der Waals surface area contributed by atoms with E-state index in [1.807, 2.05) is 17.9 Å². The van der Waals surface area contributed by atoms with Crippen LogP contribution in [0, 0.1) is 12.8 Å². The van der Waals surface area contributed by atoms with Gasteiger partial charge in [0.05, 0.1) is 12.1 Å². The number of ether oxygens (including phenoxy) is 1. The fourth-order valence-electron chi connectivity index (χ4n) is 3.75. The summed E-state index contributed by atoms with van der Waals surface area (Å²) < 4.78 is 7.37. The van der Waals surface area contributed by atoms with E-state index in [9.17, 15) is 4.79 Å². The highest BCUT2D eigenvalue weighted by Crippen LogP contribution is 2.20. The number of carbonyl (C=O) groups excluding carboxylic acids is 1. The van der Waals surface area contributed by atoms with Gasteiger partial charge in [-0.2, -0.15) is 5.10 Å². The highest BCUT2D eigenvalue weighted by Gasteiger charge is 2.31. The second-order valence-electron chi connectivity index (χ2n) is 7.05. The maximum atomic E-state index is 11.9. The summed E-state index contributed by atoms with van der Waals surface area (Å²) in [4.78, 5) is 16.7. The van der Waals surface area contributed by atoms with Crippen molar-refractivity contribution in [1.82, 2.24) is 19.6 Å². The lowest BCUT2D eigenvalue weighted by molar-refractivity contribution is -0.122. The molecule has 3 heterocycles. The van der Waals surface area contributed by atoms with Crippen molar-refractivity contribution >= 4 is 5.91 Å². The van der Waals surface area contributed by atoms with Gasteiger partial charge in [-0.1, -0.05) is 0 Å². The standard InChI is InChI=1S/C17H29N5O2/c1-13-14(9-19-20(13)2)10-21-5-6-22(12-15(11-21)17(18)23)16-3-7-24-8-4-16/h9,15-16H,3-8,10-12H2,1-2H3,(H2,18,23)/t15-/m1/s1. The molecule has 24 heavy (non-hydrogen) atoms. The van der Waals surface area contributed by atoms with Gasteiger partial charge in [0.2, 0.25) is 5.91 Å². The van der Waals surface area contributed by atoms with Gasteiger partial charge in [-0.05, 0) is 19.8 Å². The van der Waals surface area contributed by atoms with Crippen LogP contribution in [0.4, 0.5) is 0 Å². The molecule has 0 aliphatic carbocycles. The third-order valence-corrected chi connectivity index (χ3v) is 5.48. The number of nitrogens with two attached hydrogens (primary N) is 1. The average Bonchev–Trinajstić information content (AvgIpc) is 2.79. The van der Waals surface area contributed by atoms with E-state index in [-0.39, 0.29) is 11.8 Å². The van der Waals surface area contributed by atoms with E-state index in [1.165, 1.54) is 11.3 Å². The van der Waals surface area contributed by atoms with Crippen LogP contribution < -0.4 is 5.73 Å². The monoisotopic (exact) mass is 335 g/mol. The normalized spacial score (nSPS) is 24.8. The van der Waals surface area contributed by atoms with Crippen molar-refractivity contribution in [2.45, 2.75) is 32.4 Å². The Hall–Kier alpha value is -1.44. The summed E-state index contributed by atoms with van der Waals surface area (Å²) in [6.45, 7) is 7.97. The van der Waals surface area contributed by atoms with Crippen molar-refractivity contribution in [1.29, 1.82) is 0 Å². The van der Waals surface area contributed by atoms with Crippen LogP contribution in [-0.4, -0.2) is 70.9 Å². The summed E-state index contributed by atoms with van der Waals surface area (Å²) in [6, 6.07) is 0.515. The predicted molar refractivity (Wildman–Crippen MR) is 91.3 cm³/mol. The highest BCUT2D eigenvalue weighted by atomic mass is 16.5. The van der Waals surface area contributed by atoms with Gasteiger partial charge in [0.25, 0.3) is 0 Å². The number of hydrogen-bond acceptors (Lipinski definition) is 5. The van der Waals surface area contributed by atoms with E-state index in [1.54, 1.807) is 0 Å². The van der Waals surface area contributed by atoms with Gasteiger partial charge in [-0.25, -0.2) is 0 Å². The van der Waals surface area contributed by atoms with Gasteiger partial charge >= 0.3 is 0 Å². The molecule has 0 radical (unpaired) electrons. The van der Waals surface area contributed by atoms with Crippen molar-refractivity contribution in [3.8, 4) is 0 Å². The van der Waals surface area contributed by atoms with Crippen LogP contribution in [0.5, 0.6) is 0 Å². The molecule has 3 rings (SSSR count). The summed E-state index contributed by atoms with van der Waals surface area (Å²) in [5.41, 5.74) is 8.08. The minimum absolute atomic E-state index is 0.118. The third kappa shape index (κ3) is 3.96. The molecular weight excluding hydrogens is 306 g/mol. The lowest BCUT2D eigenvalue weighted by Crippen LogP contribution is -2.44. The SMILES string of the molecule is Cc1c(CN2CCN(C3CCOCC3)C[C@H](C(N)=O)C2)cnn1C. The Morgan fingerprint density at radius 2 is 2.08 bits per heavy atom. The fraction of sp³-hybridized carbons (Fsp3) is 0.765. The van der Waals surface area contributed by atoms with Crippen molar-refractivity contribution in [3.05, 3.63) is 17.5 Å². The first-order chi connectivity index (χ1) is 11.5. The van der Waals surface area contributed by atoms with Crippen LogP contribution >= 0.6 is 0 Å². The van der Waals surface area contributed by atoms with E-state index >= 15 is 0 Å². The summed E-state index contributed by atoms with van der Waals surface area (Å²) in [5, 5.41) is 4.32. The lowest BCUT2D eigenvalue weighted by atomic mass is 10.0. The molecule has 1 aromatic heterocycles. The zero-order valence-corrected chi connectivity index (χ0v) is 14.8. The van der Waals surface area contributed by atoms with E-state index in [2.05, 4.69) is 21.8 Å². The number of carbonyl (C=O) groups is 1. The minimum atomic E-state index is -0.193. The van der Waals surface area contributed by atoms with E-state index in [0.717, 1.165) is 58.8 Å². The lowest BCUT2D eigenvalue weighted by Gasteiger charge is -2.34. The maximum Gasteiger partial charge on any atom is 0.223 e. The van der Waals surface area contributed by atoms with Crippen molar-refractivity contribution in [2.75, 3.05) is 39.4 Å². The number of amides is 1. The maximum absolute atomic E-state index is 11.9. The van der Waals surface area contributed by atoms with Crippen molar-refractivity contribution < 1.29 is 9.53 Å². The molecule has 1 amide bonds. The van der Waals surface area contributed by atoms with Gasteiger partial charge in [0, 0.05) is 70.3 Å². The van der Waals surface area contributed by atoms with Gasteiger partial charge in [-0.3, -0.25) is 19.3 Å². The molecule has 7 nitrogen and oxygen atoms in total. The van der Waals surface area contributed by atoms with Gasteiger partial charge in [-0.15, -0.1) is 0 Å². The Labute approximate surface area is 143 Å². The largest absolute Gasteiger partial charge is 0.381 e. The Morgan fingerprint density at radius 1 is 1.33 bits per heavy atom. The van der Waals surface area contributed by atoms with Crippen LogP contribution in [-0.2, 0) is 23.1 Å². The van der Waals surface area contributed by atoms with E-state index < -0.39 is 0 Å². The molecule has 7 heteroatoms. The van der Waals surface area contributed by atoms with Gasteiger partial charge in [0.1, 0.15) is 0 Å². The van der Waals surface area contributed by atoms with Crippen LogP contribution in [0.3, 0.4) is 0 Å². The quantitative estimate of drug-likeness (QED) is 0.846. The first-order valence-corrected chi connectivity index (χ1v) is 8.85. The first kappa shape index (κ1) is 17.4. The zero-order chi connectivity index (χ0) is 17.1. The smallest absolute Gasteiger partial charge is 0.223 e. The molecular formula is C17H29N5O2. The molecule has 2 N–H and O–H groups in total. The summed E-state index contributed by atoms with van der Waals surface area (Å²) in [7, 11) is 1.96. The van der Waals surface area contributed by atoms with Crippen LogP contribution in [0.25, 0.3) is 0 Å². The second kappa shape index (κ2) is 7.63. The van der Waals surface area contributed by atoms with Crippen LogP contribution in [0.2, 0.25) is 0 Å². The van der Waals surface area contributed by atoms with Crippen molar-refractivity contribution in [2.24, 2.45) is 18.7 Å². The number of hydrogen-bond donors (Lipinski definition) is 1. The summed E-state index contributed by atoms with van der Waals surface area (Å²) in [5.74, 6) is -0.311. The Balaban J connectivity index is 1.68. The number of nitrogens with zero attached hydrogens (tertiary/aromatic N) is 4. The zero-order valence-electron chi connectivity index (χ0n) is 14.8. The Kier molecular flexibility index (Phi) is 5.53. The van der Waals surface area contributed by atoms with Crippen molar-refractivity contribution in [3.63, 3.8) is 0 Å². The molecule has 0 aromatic carbocycles. The number of aryl methyl sites for hydroxylation is 1. The topological polar surface area (TPSA) is 76.6 Å². The average molecular weight is 335 g/mol.